The lowest BCUT2D eigenvalue weighted by Crippen LogP contribution is -2.43. The van der Waals surface area contributed by atoms with Gasteiger partial charge in [-0.3, -0.25) is 4.39 Å². The molecule has 1 atom stereocenters. The van der Waals surface area contributed by atoms with E-state index in [-0.39, 0.29) is 17.5 Å². The monoisotopic (exact) mass is 292 g/mol. The number of hydrogen-bond acceptors (Lipinski definition) is 0. The van der Waals surface area contributed by atoms with Gasteiger partial charge in [-0.05, 0) is 32.6 Å². The number of halogens is 1. The van der Waals surface area contributed by atoms with Crippen LogP contribution in [0.15, 0.2) is 36.0 Å². The second-order valence-electron chi connectivity index (χ2n) is 6.35. The molecule has 0 aliphatic heterocycles. The zero-order chi connectivity index (χ0) is 15.8. The van der Waals surface area contributed by atoms with E-state index in [1.807, 2.05) is 26.8 Å². The SMILES string of the molecule is C/C=C\C(C)(CF)C1(C2=CC=CCC2)CCCCC1.CC. The summed E-state index contributed by atoms with van der Waals surface area (Å²) < 4.78 is 13.9. The molecule has 2 aliphatic rings. The lowest BCUT2D eigenvalue weighted by molar-refractivity contribution is 0.0606. The Labute approximate surface area is 131 Å². The molecule has 0 aromatic rings. The highest BCUT2D eigenvalue weighted by atomic mass is 19.1. The maximum atomic E-state index is 13.9. The van der Waals surface area contributed by atoms with Crippen molar-refractivity contribution in [2.75, 3.05) is 6.67 Å². The van der Waals surface area contributed by atoms with E-state index in [1.54, 1.807) is 0 Å². The highest BCUT2D eigenvalue weighted by Gasteiger charge is 2.49. The molecular formula is C20H33F. The van der Waals surface area contributed by atoms with Crippen LogP contribution in [-0.4, -0.2) is 6.67 Å². The van der Waals surface area contributed by atoms with Crippen LogP contribution in [0.25, 0.3) is 0 Å². The summed E-state index contributed by atoms with van der Waals surface area (Å²) in [7, 11) is 0. The zero-order valence-corrected chi connectivity index (χ0v) is 14.4. The fraction of sp³-hybridized carbons (Fsp3) is 0.700. The predicted octanol–water partition coefficient (Wildman–Crippen LogP) is 6.79. The van der Waals surface area contributed by atoms with Gasteiger partial charge in [-0.15, -0.1) is 0 Å². The van der Waals surface area contributed by atoms with Crippen LogP contribution in [0.5, 0.6) is 0 Å². The Morgan fingerprint density at radius 1 is 1.24 bits per heavy atom. The third kappa shape index (κ3) is 3.67. The molecule has 1 heteroatoms. The van der Waals surface area contributed by atoms with Gasteiger partial charge >= 0.3 is 0 Å². The van der Waals surface area contributed by atoms with Gasteiger partial charge < -0.3 is 0 Å². The average Bonchev–Trinajstić information content (AvgIpc) is 2.58. The second-order valence-corrected chi connectivity index (χ2v) is 6.35. The van der Waals surface area contributed by atoms with E-state index < -0.39 is 0 Å². The molecule has 0 radical (unpaired) electrons. The molecule has 0 aromatic carbocycles. The third-order valence-electron chi connectivity index (χ3n) is 5.24. The Hall–Kier alpha value is -0.850. The van der Waals surface area contributed by atoms with Gasteiger partial charge in [-0.25, -0.2) is 0 Å². The minimum atomic E-state index is -0.334. The van der Waals surface area contributed by atoms with Crippen molar-refractivity contribution in [3.63, 3.8) is 0 Å². The first kappa shape index (κ1) is 18.2. The Morgan fingerprint density at radius 3 is 2.38 bits per heavy atom. The molecule has 2 rings (SSSR count). The summed E-state index contributed by atoms with van der Waals surface area (Å²) in [5.74, 6) is 0. The molecule has 0 heterocycles. The van der Waals surface area contributed by atoms with Gasteiger partial charge in [-0.2, -0.15) is 0 Å². The standard InChI is InChI=1S/C18H27F.C2H6/c1-3-12-17(2,15-19)18(13-8-5-9-14-18)16-10-6-4-7-11-16;1-2/h3-4,6,10,12H,5,7-9,11,13-15H2,1-2H3;1-2H3/b12-3-;. The van der Waals surface area contributed by atoms with Crippen LogP contribution in [-0.2, 0) is 0 Å². The number of alkyl halides is 1. The van der Waals surface area contributed by atoms with Gasteiger partial charge in [0.15, 0.2) is 0 Å². The van der Waals surface area contributed by atoms with Crippen LogP contribution in [0, 0.1) is 10.8 Å². The molecule has 0 saturated heterocycles. The van der Waals surface area contributed by atoms with E-state index in [1.165, 1.54) is 24.8 Å². The van der Waals surface area contributed by atoms with E-state index >= 15 is 0 Å². The van der Waals surface area contributed by atoms with Crippen LogP contribution < -0.4 is 0 Å². The highest BCUT2D eigenvalue weighted by molar-refractivity contribution is 5.30. The van der Waals surface area contributed by atoms with Crippen LogP contribution in [0.3, 0.4) is 0 Å². The minimum absolute atomic E-state index is 0.0528. The molecule has 1 unspecified atom stereocenters. The first-order valence-corrected chi connectivity index (χ1v) is 8.74. The first-order valence-electron chi connectivity index (χ1n) is 8.74. The van der Waals surface area contributed by atoms with Gasteiger partial charge in [0.25, 0.3) is 0 Å². The number of allylic oxidation sites excluding steroid dienone is 6. The quantitative estimate of drug-likeness (QED) is 0.500. The maximum Gasteiger partial charge on any atom is 0.0990 e. The summed E-state index contributed by atoms with van der Waals surface area (Å²) in [6, 6.07) is 0. The number of rotatable bonds is 4. The highest BCUT2D eigenvalue weighted by Crippen LogP contribution is 2.57. The predicted molar refractivity (Wildman–Crippen MR) is 92.2 cm³/mol. The summed E-state index contributed by atoms with van der Waals surface area (Å²) in [4.78, 5) is 0. The molecule has 1 fully saturated rings. The molecule has 2 aliphatic carbocycles. The lowest BCUT2D eigenvalue weighted by Gasteiger charge is -2.51. The Bertz CT molecular complexity index is 383. The van der Waals surface area contributed by atoms with Gasteiger partial charge in [0.2, 0.25) is 0 Å². The molecule has 0 spiro atoms. The normalized spacial score (nSPS) is 24.0. The van der Waals surface area contributed by atoms with Crippen molar-refractivity contribution in [3.05, 3.63) is 36.0 Å². The average molecular weight is 292 g/mol. The second kappa shape index (κ2) is 8.56. The van der Waals surface area contributed by atoms with Crippen molar-refractivity contribution < 1.29 is 4.39 Å². The van der Waals surface area contributed by atoms with E-state index in [2.05, 4.69) is 31.2 Å². The van der Waals surface area contributed by atoms with Crippen molar-refractivity contribution in [1.82, 2.24) is 0 Å². The van der Waals surface area contributed by atoms with E-state index in [0.29, 0.717) is 0 Å². The smallest absolute Gasteiger partial charge is 0.0990 e. The van der Waals surface area contributed by atoms with Gasteiger partial charge in [0, 0.05) is 10.8 Å². The van der Waals surface area contributed by atoms with Crippen LogP contribution >= 0.6 is 0 Å². The lowest BCUT2D eigenvalue weighted by atomic mass is 9.53. The Kier molecular flexibility index (Phi) is 7.42. The van der Waals surface area contributed by atoms with Gasteiger partial charge in [0.1, 0.15) is 0 Å². The molecule has 0 nitrogen and oxygen atoms in total. The van der Waals surface area contributed by atoms with Gasteiger partial charge in [0.05, 0.1) is 6.67 Å². The maximum absolute atomic E-state index is 13.9. The summed E-state index contributed by atoms with van der Waals surface area (Å²) in [6.07, 6.45) is 19.2. The van der Waals surface area contributed by atoms with Gasteiger partial charge in [-0.1, -0.05) is 76.0 Å². The van der Waals surface area contributed by atoms with Crippen molar-refractivity contribution >= 4 is 0 Å². The van der Waals surface area contributed by atoms with E-state index in [0.717, 1.165) is 25.7 Å². The number of hydrogen-bond donors (Lipinski definition) is 0. The Balaban J connectivity index is 0.00000106. The largest absolute Gasteiger partial charge is 0.250 e. The fourth-order valence-corrected chi connectivity index (χ4v) is 4.12. The molecule has 120 valence electrons. The van der Waals surface area contributed by atoms with E-state index in [4.69, 9.17) is 0 Å². The van der Waals surface area contributed by atoms with Crippen molar-refractivity contribution in [2.24, 2.45) is 10.8 Å². The van der Waals surface area contributed by atoms with Crippen molar-refractivity contribution in [3.8, 4) is 0 Å². The fourth-order valence-electron chi connectivity index (χ4n) is 4.12. The molecule has 0 bridgehead atoms. The molecule has 21 heavy (non-hydrogen) atoms. The van der Waals surface area contributed by atoms with Crippen molar-refractivity contribution in [2.45, 2.75) is 72.6 Å². The minimum Gasteiger partial charge on any atom is -0.250 e. The molecule has 0 aromatic heterocycles. The summed E-state index contributed by atoms with van der Waals surface area (Å²) >= 11 is 0. The van der Waals surface area contributed by atoms with Crippen molar-refractivity contribution in [1.29, 1.82) is 0 Å². The van der Waals surface area contributed by atoms with Crippen LogP contribution in [0.1, 0.15) is 72.6 Å². The Morgan fingerprint density at radius 2 is 1.90 bits per heavy atom. The summed E-state index contributed by atoms with van der Waals surface area (Å²) in [6.45, 7) is 7.88. The molecular weight excluding hydrogens is 259 g/mol. The van der Waals surface area contributed by atoms with Crippen LogP contribution in [0.4, 0.5) is 4.39 Å². The first-order chi connectivity index (χ1) is 10.2. The summed E-state index contributed by atoms with van der Waals surface area (Å²) in [5, 5.41) is 0. The molecule has 0 N–H and O–H groups in total. The molecule has 1 saturated carbocycles. The topological polar surface area (TPSA) is 0 Å². The zero-order valence-electron chi connectivity index (χ0n) is 14.4. The van der Waals surface area contributed by atoms with Crippen LogP contribution in [0.2, 0.25) is 0 Å². The van der Waals surface area contributed by atoms with E-state index in [9.17, 15) is 4.39 Å². The molecule has 0 amide bonds. The third-order valence-corrected chi connectivity index (χ3v) is 5.24. The summed E-state index contributed by atoms with van der Waals surface area (Å²) in [5.41, 5.74) is 1.21.